The minimum Gasteiger partial charge on any atom is -0.496 e. The average molecular weight is 352 g/mol. The van der Waals surface area contributed by atoms with Crippen LogP contribution >= 0.6 is 0 Å². The third kappa shape index (κ3) is 3.17. The fraction of sp³-hybridized carbons (Fsp3) is 0.286. The van der Waals surface area contributed by atoms with E-state index in [1.807, 2.05) is 29.3 Å². The van der Waals surface area contributed by atoms with Gasteiger partial charge in [-0.2, -0.15) is 0 Å². The largest absolute Gasteiger partial charge is 0.496 e. The van der Waals surface area contributed by atoms with Gasteiger partial charge in [0.15, 0.2) is 0 Å². The first-order valence-corrected chi connectivity index (χ1v) is 8.83. The van der Waals surface area contributed by atoms with E-state index >= 15 is 0 Å². The van der Waals surface area contributed by atoms with Crippen LogP contribution < -0.4 is 4.74 Å². The molecule has 1 heterocycles. The summed E-state index contributed by atoms with van der Waals surface area (Å²) in [6, 6.07) is 12.6. The van der Waals surface area contributed by atoms with Gasteiger partial charge in [0.1, 0.15) is 11.6 Å². The lowest BCUT2D eigenvalue weighted by Gasteiger charge is -2.23. The van der Waals surface area contributed by atoms with Crippen molar-refractivity contribution in [3.8, 4) is 5.75 Å². The molecule has 0 unspecified atom stereocenters. The Labute approximate surface area is 151 Å². The van der Waals surface area contributed by atoms with Crippen LogP contribution in [0.1, 0.15) is 24.0 Å². The van der Waals surface area contributed by atoms with E-state index in [0.717, 1.165) is 35.1 Å². The molecule has 1 aromatic heterocycles. The van der Waals surface area contributed by atoms with Gasteiger partial charge in [0.2, 0.25) is 5.91 Å². The maximum atomic E-state index is 14.0. The highest BCUT2D eigenvalue weighted by Gasteiger charge is 2.33. The van der Waals surface area contributed by atoms with Crippen molar-refractivity contribution in [2.45, 2.75) is 31.8 Å². The van der Waals surface area contributed by atoms with Crippen molar-refractivity contribution in [3.63, 3.8) is 0 Å². The average Bonchev–Trinajstić information content (AvgIpc) is 3.41. The van der Waals surface area contributed by atoms with Crippen molar-refractivity contribution in [2.75, 3.05) is 7.11 Å². The Bertz CT molecular complexity index is 946. The smallest absolute Gasteiger partial charge is 0.227 e. The van der Waals surface area contributed by atoms with E-state index in [9.17, 15) is 9.18 Å². The summed E-state index contributed by atoms with van der Waals surface area (Å²) in [4.78, 5) is 18.0. The molecular weight excluding hydrogens is 331 g/mol. The van der Waals surface area contributed by atoms with Gasteiger partial charge in [0.05, 0.1) is 13.5 Å². The maximum absolute atomic E-state index is 14.0. The van der Waals surface area contributed by atoms with Gasteiger partial charge in [-0.15, -0.1) is 0 Å². The Kier molecular flexibility index (Phi) is 4.37. The predicted molar refractivity (Wildman–Crippen MR) is 98.5 cm³/mol. The molecule has 0 saturated heterocycles. The molecule has 0 atom stereocenters. The van der Waals surface area contributed by atoms with Crippen molar-refractivity contribution in [2.24, 2.45) is 0 Å². The highest BCUT2D eigenvalue weighted by molar-refractivity contribution is 5.93. The van der Waals surface area contributed by atoms with Gasteiger partial charge in [0, 0.05) is 35.2 Å². The van der Waals surface area contributed by atoms with Gasteiger partial charge in [-0.3, -0.25) is 4.79 Å². The van der Waals surface area contributed by atoms with Crippen LogP contribution in [-0.2, 0) is 17.8 Å². The topological polar surface area (TPSA) is 45.3 Å². The molecule has 1 aliphatic carbocycles. The summed E-state index contributed by atoms with van der Waals surface area (Å²) in [6.45, 7) is 0.315. The number of aromatic amines is 1. The first-order valence-electron chi connectivity index (χ1n) is 8.83. The third-order valence-corrected chi connectivity index (χ3v) is 4.92. The molecule has 1 fully saturated rings. The summed E-state index contributed by atoms with van der Waals surface area (Å²) in [5.74, 6) is 0.501. The predicted octanol–water partition coefficient (Wildman–Crippen LogP) is 4.05. The Morgan fingerprint density at radius 2 is 2.00 bits per heavy atom. The molecule has 1 N–H and O–H groups in total. The van der Waals surface area contributed by atoms with Gasteiger partial charge >= 0.3 is 0 Å². The minimum absolute atomic E-state index is 0.0163. The van der Waals surface area contributed by atoms with Crippen LogP contribution in [0.5, 0.6) is 5.75 Å². The van der Waals surface area contributed by atoms with Gasteiger partial charge in [-0.25, -0.2) is 4.39 Å². The van der Waals surface area contributed by atoms with Crippen molar-refractivity contribution in [1.29, 1.82) is 0 Å². The number of methoxy groups -OCH3 is 1. The zero-order valence-electron chi connectivity index (χ0n) is 14.7. The first-order chi connectivity index (χ1) is 12.7. The number of carbonyl (C=O) groups is 1. The summed E-state index contributed by atoms with van der Waals surface area (Å²) in [5.41, 5.74) is 2.41. The molecule has 0 radical (unpaired) electrons. The Morgan fingerprint density at radius 3 is 2.73 bits per heavy atom. The molecule has 26 heavy (non-hydrogen) atoms. The van der Waals surface area contributed by atoms with Crippen molar-refractivity contribution >= 4 is 16.8 Å². The van der Waals surface area contributed by atoms with E-state index in [-0.39, 0.29) is 24.2 Å². The number of aromatic nitrogens is 1. The number of hydrogen-bond donors (Lipinski definition) is 1. The van der Waals surface area contributed by atoms with E-state index in [1.165, 1.54) is 6.07 Å². The van der Waals surface area contributed by atoms with E-state index in [0.29, 0.717) is 12.1 Å². The number of nitrogens with one attached hydrogen (secondary N) is 1. The lowest BCUT2D eigenvalue weighted by atomic mass is 10.1. The maximum Gasteiger partial charge on any atom is 0.227 e. The molecule has 0 spiro atoms. The van der Waals surface area contributed by atoms with Crippen molar-refractivity contribution in [3.05, 3.63) is 65.6 Å². The number of halogens is 1. The summed E-state index contributed by atoms with van der Waals surface area (Å²) >= 11 is 0. The second-order valence-electron chi connectivity index (χ2n) is 6.72. The molecule has 1 aliphatic rings. The number of rotatable bonds is 6. The highest BCUT2D eigenvalue weighted by atomic mass is 19.1. The van der Waals surface area contributed by atoms with Crippen molar-refractivity contribution in [1.82, 2.24) is 9.88 Å². The van der Waals surface area contributed by atoms with Gasteiger partial charge < -0.3 is 14.6 Å². The normalized spacial score (nSPS) is 13.8. The second kappa shape index (κ2) is 6.83. The molecule has 5 heteroatoms. The van der Waals surface area contributed by atoms with Gasteiger partial charge in [-0.1, -0.05) is 24.3 Å². The van der Waals surface area contributed by atoms with Gasteiger partial charge in [0.25, 0.3) is 0 Å². The standard InChI is InChI=1S/C21H21FN2O2/c1-26-19-8-4-7-18-21(19)15(12-23-18)11-20(25)24(16-9-10-16)13-14-5-2-3-6-17(14)22/h2-8,12,16,23H,9-11,13H2,1H3. The second-order valence-corrected chi connectivity index (χ2v) is 6.72. The lowest BCUT2D eigenvalue weighted by molar-refractivity contribution is -0.131. The van der Waals surface area contributed by atoms with Crippen LogP contribution in [0.4, 0.5) is 4.39 Å². The quantitative estimate of drug-likeness (QED) is 0.727. The van der Waals surface area contributed by atoms with E-state index in [1.54, 1.807) is 25.3 Å². The third-order valence-electron chi connectivity index (χ3n) is 4.92. The molecule has 4 nitrogen and oxygen atoms in total. The van der Waals surface area contributed by atoms with E-state index in [2.05, 4.69) is 4.98 Å². The summed E-state index contributed by atoms with van der Waals surface area (Å²) in [6.07, 6.45) is 4.10. The van der Waals surface area contributed by atoms with Crippen LogP contribution in [0, 0.1) is 5.82 Å². The Hall–Kier alpha value is -2.82. The number of amides is 1. The molecule has 1 amide bonds. The highest BCUT2D eigenvalue weighted by Crippen LogP contribution is 2.32. The molecule has 2 aromatic carbocycles. The molecule has 3 aromatic rings. The Balaban J connectivity index is 1.59. The molecular formula is C21H21FN2O2. The number of fused-ring (bicyclic) bond motifs is 1. The summed E-state index contributed by atoms with van der Waals surface area (Å²) < 4.78 is 19.5. The van der Waals surface area contributed by atoms with Crippen LogP contribution in [0.15, 0.2) is 48.7 Å². The first kappa shape index (κ1) is 16.6. The summed E-state index contributed by atoms with van der Waals surface area (Å²) in [7, 11) is 1.63. The van der Waals surface area contributed by atoms with Crippen LogP contribution in [0.25, 0.3) is 10.9 Å². The molecule has 0 bridgehead atoms. The Morgan fingerprint density at radius 1 is 1.19 bits per heavy atom. The lowest BCUT2D eigenvalue weighted by Crippen LogP contribution is -2.34. The molecule has 1 saturated carbocycles. The van der Waals surface area contributed by atoms with Crippen LogP contribution in [0.2, 0.25) is 0 Å². The molecule has 0 aliphatic heterocycles. The monoisotopic (exact) mass is 352 g/mol. The van der Waals surface area contributed by atoms with Crippen molar-refractivity contribution < 1.29 is 13.9 Å². The summed E-state index contributed by atoms with van der Waals surface area (Å²) in [5, 5.41) is 0.935. The fourth-order valence-corrected chi connectivity index (χ4v) is 3.41. The number of carbonyl (C=O) groups excluding carboxylic acids is 1. The van der Waals surface area contributed by atoms with Gasteiger partial charge in [-0.05, 0) is 36.6 Å². The zero-order valence-corrected chi connectivity index (χ0v) is 14.7. The van der Waals surface area contributed by atoms with E-state index < -0.39 is 0 Å². The number of benzene rings is 2. The zero-order chi connectivity index (χ0) is 18.1. The van der Waals surface area contributed by atoms with Crippen LogP contribution in [-0.4, -0.2) is 28.9 Å². The fourth-order valence-electron chi connectivity index (χ4n) is 3.41. The number of hydrogen-bond acceptors (Lipinski definition) is 2. The molecule has 134 valence electrons. The SMILES string of the molecule is COc1cccc2[nH]cc(CC(=O)N(Cc3ccccc3F)C3CC3)c12. The number of ether oxygens (including phenoxy) is 1. The number of nitrogens with zero attached hydrogens (tertiary/aromatic N) is 1. The molecule has 4 rings (SSSR count). The number of H-pyrrole nitrogens is 1. The minimum atomic E-state index is -0.264. The van der Waals surface area contributed by atoms with E-state index in [4.69, 9.17) is 4.74 Å². The van der Waals surface area contributed by atoms with Crippen LogP contribution in [0.3, 0.4) is 0 Å².